The molecule has 1 saturated heterocycles. The Bertz CT molecular complexity index is 349. The standard InChI is InChI=1S/C12H16N2OS/c1-10(11-5-3-2-4-6-11)13-12(15)14-7-8-16-9-14/h2-6,10H,7-9H2,1H3,(H,13,15)/t10-/m0/s1. The molecule has 0 aromatic heterocycles. The summed E-state index contributed by atoms with van der Waals surface area (Å²) in [6.45, 7) is 2.87. The summed E-state index contributed by atoms with van der Waals surface area (Å²) in [7, 11) is 0. The average Bonchev–Trinajstić information content (AvgIpc) is 2.83. The minimum Gasteiger partial charge on any atom is -0.331 e. The monoisotopic (exact) mass is 236 g/mol. The van der Waals surface area contributed by atoms with Gasteiger partial charge in [0.15, 0.2) is 0 Å². The molecular weight excluding hydrogens is 220 g/mol. The number of hydrogen-bond acceptors (Lipinski definition) is 2. The van der Waals surface area contributed by atoms with Crippen LogP contribution in [0, 0.1) is 0 Å². The molecule has 0 unspecified atom stereocenters. The fourth-order valence-electron chi connectivity index (χ4n) is 1.68. The van der Waals surface area contributed by atoms with E-state index in [0.29, 0.717) is 0 Å². The number of carbonyl (C=O) groups is 1. The Morgan fingerprint density at radius 1 is 1.44 bits per heavy atom. The van der Waals surface area contributed by atoms with Gasteiger partial charge in [-0.1, -0.05) is 30.3 Å². The van der Waals surface area contributed by atoms with E-state index >= 15 is 0 Å². The third-order valence-electron chi connectivity index (χ3n) is 2.68. The lowest BCUT2D eigenvalue weighted by molar-refractivity contribution is 0.208. The van der Waals surface area contributed by atoms with Gasteiger partial charge in [0.1, 0.15) is 0 Å². The number of urea groups is 1. The fraction of sp³-hybridized carbons (Fsp3) is 0.417. The van der Waals surface area contributed by atoms with Crippen LogP contribution in [0.5, 0.6) is 0 Å². The van der Waals surface area contributed by atoms with E-state index in [4.69, 9.17) is 0 Å². The first-order valence-corrected chi connectivity index (χ1v) is 6.61. The van der Waals surface area contributed by atoms with E-state index < -0.39 is 0 Å². The van der Waals surface area contributed by atoms with E-state index in [0.717, 1.165) is 23.7 Å². The van der Waals surface area contributed by atoms with Gasteiger partial charge in [-0.2, -0.15) is 0 Å². The molecule has 0 bridgehead atoms. The molecule has 16 heavy (non-hydrogen) atoms. The largest absolute Gasteiger partial charge is 0.331 e. The van der Waals surface area contributed by atoms with Gasteiger partial charge in [0.25, 0.3) is 0 Å². The van der Waals surface area contributed by atoms with E-state index in [1.54, 1.807) is 11.8 Å². The van der Waals surface area contributed by atoms with E-state index in [1.165, 1.54) is 0 Å². The quantitative estimate of drug-likeness (QED) is 0.855. The van der Waals surface area contributed by atoms with Gasteiger partial charge >= 0.3 is 6.03 Å². The molecule has 0 aliphatic carbocycles. The molecule has 3 nitrogen and oxygen atoms in total. The molecule has 1 aliphatic heterocycles. The van der Waals surface area contributed by atoms with Crippen LogP contribution in [0.4, 0.5) is 4.79 Å². The molecule has 1 aliphatic rings. The SMILES string of the molecule is C[C@H](NC(=O)N1CCSC1)c1ccccc1. The Morgan fingerprint density at radius 2 is 2.19 bits per heavy atom. The van der Waals surface area contributed by atoms with Crippen LogP contribution >= 0.6 is 11.8 Å². The second-order valence-corrected chi connectivity index (χ2v) is 4.96. The zero-order valence-corrected chi connectivity index (χ0v) is 10.2. The van der Waals surface area contributed by atoms with Crippen molar-refractivity contribution in [1.82, 2.24) is 10.2 Å². The maximum absolute atomic E-state index is 11.8. The van der Waals surface area contributed by atoms with Crippen LogP contribution in [-0.4, -0.2) is 29.1 Å². The van der Waals surface area contributed by atoms with Crippen molar-refractivity contribution in [2.24, 2.45) is 0 Å². The van der Waals surface area contributed by atoms with Gasteiger partial charge in [0.2, 0.25) is 0 Å². The molecule has 1 fully saturated rings. The summed E-state index contributed by atoms with van der Waals surface area (Å²) in [6.07, 6.45) is 0. The lowest BCUT2D eigenvalue weighted by Gasteiger charge is -2.20. The van der Waals surface area contributed by atoms with Crippen LogP contribution in [0.1, 0.15) is 18.5 Å². The second kappa shape index (κ2) is 5.25. The highest BCUT2D eigenvalue weighted by molar-refractivity contribution is 7.99. The number of nitrogens with zero attached hydrogens (tertiary/aromatic N) is 1. The summed E-state index contributed by atoms with van der Waals surface area (Å²) in [5, 5.41) is 3.01. The summed E-state index contributed by atoms with van der Waals surface area (Å²) in [6, 6.07) is 10.1. The molecule has 1 aromatic carbocycles. The number of thioether (sulfide) groups is 1. The molecule has 1 aromatic rings. The van der Waals surface area contributed by atoms with Crippen LogP contribution in [0.15, 0.2) is 30.3 Å². The Morgan fingerprint density at radius 3 is 2.81 bits per heavy atom. The zero-order valence-electron chi connectivity index (χ0n) is 9.35. The van der Waals surface area contributed by atoms with Crippen molar-refractivity contribution in [3.63, 3.8) is 0 Å². The van der Waals surface area contributed by atoms with E-state index in [1.807, 2.05) is 42.2 Å². The summed E-state index contributed by atoms with van der Waals surface area (Å²) in [5.41, 5.74) is 1.14. The second-order valence-electron chi connectivity index (χ2n) is 3.88. The number of benzene rings is 1. The lowest BCUT2D eigenvalue weighted by Crippen LogP contribution is -2.39. The molecule has 86 valence electrons. The van der Waals surface area contributed by atoms with E-state index in [-0.39, 0.29) is 12.1 Å². The molecule has 4 heteroatoms. The van der Waals surface area contributed by atoms with Crippen LogP contribution in [0.25, 0.3) is 0 Å². The van der Waals surface area contributed by atoms with Crippen LogP contribution in [0.3, 0.4) is 0 Å². The first-order valence-electron chi connectivity index (χ1n) is 5.45. The minimum absolute atomic E-state index is 0.0429. The third-order valence-corrected chi connectivity index (χ3v) is 3.64. The summed E-state index contributed by atoms with van der Waals surface area (Å²) < 4.78 is 0. The highest BCUT2D eigenvalue weighted by Crippen LogP contribution is 2.16. The van der Waals surface area contributed by atoms with Gasteiger partial charge in [0.05, 0.1) is 11.9 Å². The average molecular weight is 236 g/mol. The Labute approximate surface area is 100 Å². The molecule has 0 spiro atoms. The molecule has 1 atom stereocenters. The summed E-state index contributed by atoms with van der Waals surface area (Å²) in [4.78, 5) is 13.7. The number of nitrogens with one attached hydrogen (secondary N) is 1. The third kappa shape index (κ3) is 2.70. The Kier molecular flexibility index (Phi) is 3.72. The molecule has 0 saturated carbocycles. The fourth-order valence-corrected chi connectivity index (χ4v) is 2.62. The van der Waals surface area contributed by atoms with Gasteiger partial charge in [-0.05, 0) is 12.5 Å². The van der Waals surface area contributed by atoms with E-state index in [2.05, 4.69) is 5.32 Å². The molecule has 0 radical (unpaired) electrons. The van der Waals surface area contributed by atoms with Crippen molar-refractivity contribution in [2.45, 2.75) is 13.0 Å². The smallest absolute Gasteiger partial charge is 0.318 e. The van der Waals surface area contributed by atoms with Gasteiger partial charge in [0, 0.05) is 12.3 Å². The van der Waals surface area contributed by atoms with Crippen molar-refractivity contribution in [3.8, 4) is 0 Å². The summed E-state index contributed by atoms with van der Waals surface area (Å²) in [5.74, 6) is 1.86. The van der Waals surface area contributed by atoms with Crippen molar-refractivity contribution in [2.75, 3.05) is 18.2 Å². The van der Waals surface area contributed by atoms with Crippen LogP contribution < -0.4 is 5.32 Å². The van der Waals surface area contributed by atoms with Crippen molar-refractivity contribution >= 4 is 17.8 Å². The van der Waals surface area contributed by atoms with Gasteiger partial charge in [-0.15, -0.1) is 11.8 Å². The van der Waals surface area contributed by atoms with Gasteiger partial charge < -0.3 is 10.2 Å². The highest BCUT2D eigenvalue weighted by Gasteiger charge is 2.19. The highest BCUT2D eigenvalue weighted by atomic mass is 32.2. The number of rotatable bonds is 2. The van der Waals surface area contributed by atoms with E-state index in [9.17, 15) is 4.79 Å². The maximum atomic E-state index is 11.8. The first-order chi connectivity index (χ1) is 7.77. The van der Waals surface area contributed by atoms with Crippen LogP contribution in [-0.2, 0) is 0 Å². The Hall–Kier alpha value is -1.16. The minimum atomic E-state index is 0.0429. The van der Waals surface area contributed by atoms with Crippen LogP contribution in [0.2, 0.25) is 0 Å². The predicted molar refractivity (Wildman–Crippen MR) is 67.4 cm³/mol. The molecular formula is C12H16N2OS. The van der Waals surface area contributed by atoms with Crippen molar-refractivity contribution in [3.05, 3.63) is 35.9 Å². The predicted octanol–water partition coefficient (Wildman–Crippen LogP) is 2.46. The molecule has 1 N–H and O–H groups in total. The summed E-state index contributed by atoms with van der Waals surface area (Å²) >= 11 is 1.80. The molecule has 1 heterocycles. The first kappa shape index (κ1) is 11.3. The Balaban J connectivity index is 1.92. The number of hydrogen-bond donors (Lipinski definition) is 1. The topological polar surface area (TPSA) is 32.3 Å². The van der Waals surface area contributed by atoms with Crippen molar-refractivity contribution in [1.29, 1.82) is 0 Å². The number of carbonyl (C=O) groups excluding carboxylic acids is 1. The lowest BCUT2D eigenvalue weighted by atomic mass is 10.1. The zero-order chi connectivity index (χ0) is 11.4. The molecule has 2 rings (SSSR count). The van der Waals surface area contributed by atoms with Crippen molar-refractivity contribution < 1.29 is 4.79 Å². The normalized spacial score (nSPS) is 17.2. The van der Waals surface area contributed by atoms with Gasteiger partial charge in [-0.3, -0.25) is 0 Å². The maximum Gasteiger partial charge on any atom is 0.318 e. The number of amides is 2. The molecule has 2 amide bonds. The van der Waals surface area contributed by atoms with Gasteiger partial charge in [-0.25, -0.2) is 4.79 Å².